The number of aryl methyl sites for hydroxylation is 1. The van der Waals surface area contributed by atoms with Crippen molar-refractivity contribution < 1.29 is 0 Å². The fourth-order valence-electron chi connectivity index (χ4n) is 3.00. The van der Waals surface area contributed by atoms with E-state index in [1.54, 1.807) is 0 Å². The van der Waals surface area contributed by atoms with Gasteiger partial charge in [0.15, 0.2) is 0 Å². The van der Waals surface area contributed by atoms with Crippen molar-refractivity contribution in [3.63, 3.8) is 0 Å². The maximum Gasteiger partial charge on any atom is 0.0459 e. The molecular formula is C13H18N2. The van der Waals surface area contributed by atoms with E-state index in [9.17, 15) is 0 Å². The molecule has 0 saturated carbocycles. The van der Waals surface area contributed by atoms with Crippen LogP contribution in [-0.4, -0.2) is 25.2 Å². The molecule has 1 N–H and O–H groups in total. The van der Waals surface area contributed by atoms with Crippen LogP contribution < -0.4 is 10.2 Å². The molecule has 2 atom stereocenters. The van der Waals surface area contributed by atoms with Crippen LogP contribution in [0.1, 0.15) is 18.1 Å². The van der Waals surface area contributed by atoms with Gasteiger partial charge in [0.1, 0.15) is 0 Å². The van der Waals surface area contributed by atoms with Crippen molar-refractivity contribution in [1.29, 1.82) is 0 Å². The number of nitrogens with zero attached hydrogens (tertiary/aromatic N) is 1. The molecule has 1 fully saturated rings. The van der Waals surface area contributed by atoms with Crippen molar-refractivity contribution in [2.24, 2.45) is 0 Å². The molecule has 0 amide bonds. The largest absolute Gasteiger partial charge is 0.363 e. The van der Waals surface area contributed by atoms with Crippen molar-refractivity contribution in [2.75, 3.05) is 18.0 Å². The fourth-order valence-corrected chi connectivity index (χ4v) is 3.00. The smallest absolute Gasteiger partial charge is 0.0459 e. The summed E-state index contributed by atoms with van der Waals surface area (Å²) in [5, 5.41) is 3.51. The van der Waals surface area contributed by atoms with Crippen LogP contribution in [0.25, 0.3) is 0 Å². The lowest BCUT2D eigenvalue weighted by Crippen LogP contribution is -2.54. The number of rotatable bonds is 0. The minimum atomic E-state index is 0.632. The zero-order valence-electron chi connectivity index (χ0n) is 9.46. The van der Waals surface area contributed by atoms with E-state index >= 15 is 0 Å². The highest BCUT2D eigenvalue weighted by atomic mass is 15.3. The average Bonchev–Trinajstić information content (AvgIpc) is 2.56. The molecule has 2 aliphatic heterocycles. The fraction of sp³-hybridized carbons (Fsp3) is 0.538. The van der Waals surface area contributed by atoms with Crippen LogP contribution in [0.3, 0.4) is 0 Å². The molecular weight excluding hydrogens is 184 g/mol. The number of nitrogens with one attached hydrogen (secondary N) is 1. The molecule has 0 radical (unpaired) electrons. The van der Waals surface area contributed by atoms with Crippen LogP contribution in [0.2, 0.25) is 0 Å². The number of piperazine rings is 1. The van der Waals surface area contributed by atoms with Gasteiger partial charge in [-0.1, -0.05) is 17.7 Å². The molecule has 1 aromatic rings. The molecule has 2 heterocycles. The Balaban J connectivity index is 2.03. The van der Waals surface area contributed by atoms with E-state index in [-0.39, 0.29) is 0 Å². The lowest BCUT2D eigenvalue weighted by molar-refractivity contribution is 0.430. The molecule has 0 spiro atoms. The zero-order chi connectivity index (χ0) is 10.4. The third-order valence-corrected chi connectivity index (χ3v) is 3.66. The van der Waals surface area contributed by atoms with Crippen molar-refractivity contribution >= 4 is 5.69 Å². The van der Waals surface area contributed by atoms with Gasteiger partial charge >= 0.3 is 0 Å². The van der Waals surface area contributed by atoms with Gasteiger partial charge in [-0.15, -0.1) is 0 Å². The molecule has 0 unspecified atom stereocenters. The second kappa shape index (κ2) is 3.24. The van der Waals surface area contributed by atoms with Crippen LogP contribution in [0.15, 0.2) is 18.2 Å². The second-order valence-electron chi connectivity index (χ2n) is 4.90. The molecule has 3 rings (SSSR count). The molecule has 2 nitrogen and oxygen atoms in total. The molecule has 0 aliphatic carbocycles. The van der Waals surface area contributed by atoms with E-state index in [0.29, 0.717) is 12.1 Å². The Morgan fingerprint density at radius 2 is 2.20 bits per heavy atom. The van der Waals surface area contributed by atoms with Gasteiger partial charge in [0.25, 0.3) is 0 Å². The van der Waals surface area contributed by atoms with Gasteiger partial charge in [-0.25, -0.2) is 0 Å². The molecule has 0 aromatic heterocycles. The quantitative estimate of drug-likeness (QED) is 0.689. The number of fused-ring (bicyclic) bond motifs is 3. The monoisotopic (exact) mass is 202 g/mol. The first-order chi connectivity index (χ1) is 7.25. The van der Waals surface area contributed by atoms with Gasteiger partial charge in [0, 0.05) is 30.9 Å². The van der Waals surface area contributed by atoms with Gasteiger partial charge in [-0.3, -0.25) is 0 Å². The molecule has 2 heteroatoms. The van der Waals surface area contributed by atoms with Gasteiger partial charge in [-0.2, -0.15) is 0 Å². The van der Waals surface area contributed by atoms with E-state index in [4.69, 9.17) is 0 Å². The third kappa shape index (κ3) is 1.36. The maximum atomic E-state index is 3.51. The summed E-state index contributed by atoms with van der Waals surface area (Å²) in [5.74, 6) is 0. The molecule has 1 aromatic carbocycles. The summed E-state index contributed by atoms with van der Waals surface area (Å²) in [4.78, 5) is 2.60. The molecule has 15 heavy (non-hydrogen) atoms. The van der Waals surface area contributed by atoms with E-state index in [1.165, 1.54) is 23.2 Å². The minimum Gasteiger partial charge on any atom is -0.363 e. The Kier molecular flexibility index (Phi) is 1.99. The third-order valence-electron chi connectivity index (χ3n) is 3.66. The normalized spacial score (nSPS) is 28.8. The van der Waals surface area contributed by atoms with Crippen molar-refractivity contribution in [1.82, 2.24) is 5.32 Å². The van der Waals surface area contributed by atoms with E-state index in [0.717, 1.165) is 13.1 Å². The van der Waals surface area contributed by atoms with Gasteiger partial charge < -0.3 is 10.2 Å². The SMILES string of the molecule is Cc1ccc2c(c1)C[C@@H]1CNC[C@@H](C)N21. The highest BCUT2D eigenvalue weighted by Gasteiger charge is 2.34. The van der Waals surface area contributed by atoms with Crippen molar-refractivity contribution in [3.8, 4) is 0 Å². The Bertz CT molecular complexity index is 386. The maximum absolute atomic E-state index is 3.51. The zero-order valence-corrected chi connectivity index (χ0v) is 9.46. The first-order valence-electron chi connectivity index (χ1n) is 5.84. The first-order valence-corrected chi connectivity index (χ1v) is 5.84. The summed E-state index contributed by atoms with van der Waals surface area (Å²) in [5.41, 5.74) is 4.39. The lowest BCUT2D eigenvalue weighted by Gasteiger charge is -2.38. The first kappa shape index (κ1) is 9.22. The number of hydrogen-bond donors (Lipinski definition) is 1. The topological polar surface area (TPSA) is 15.3 Å². The highest BCUT2D eigenvalue weighted by Crippen LogP contribution is 2.35. The Hall–Kier alpha value is -1.02. The Morgan fingerprint density at radius 3 is 3.07 bits per heavy atom. The van der Waals surface area contributed by atoms with Crippen LogP contribution >= 0.6 is 0 Å². The summed E-state index contributed by atoms with van der Waals surface area (Å²) in [6, 6.07) is 8.20. The van der Waals surface area contributed by atoms with Crippen LogP contribution in [0.4, 0.5) is 5.69 Å². The lowest BCUT2D eigenvalue weighted by atomic mass is 10.1. The highest BCUT2D eigenvalue weighted by molar-refractivity contribution is 5.61. The van der Waals surface area contributed by atoms with E-state index < -0.39 is 0 Å². The molecule has 0 bridgehead atoms. The summed E-state index contributed by atoms with van der Waals surface area (Å²) in [6.07, 6.45) is 1.22. The predicted molar refractivity (Wildman–Crippen MR) is 63.5 cm³/mol. The Morgan fingerprint density at radius 1 is 1.33 bits per heavy atom. The summed E-state index contributed by atoms with van der Waals surface area (Å²) in [6.45, 7) is 6.75. The predicted octanol–water partition coefficient (Wildman–Crippen LogP) is 1.72. The van der Waals surface area contributed by atoms with Crippen molar-refractivity contribution in [2.45, 2.75) is 32.4 Å². The van der Waals surface area contributed by atoms with Crippen LogP contribution in [0.5, 0.6) is 0 Å². The average molecular weight is 202 g/mol. The van der Waals surface area contributed by atoms with Crippen LogP contribution in [-0.2, 0) is 6.42 Å². The van der Waals surface area contributed by atoms with Gasteiger partial charge in [0.05, 0.1) is 0 Å². The molecule has 2 aliphatic rings. The van der Waals surface area contributed by atoms with E-state index in [2.05, 4.69) is 42.3 Å². The molecule has 80 valence electrons. The number of anilines is 1. The standard InChI is InChI=1S/C13H18N2/c1-9-3-4-13-11(5-9)6-12-8-14-7-10(2)15(12)13/h3-5,10,12,14H,6-8H2,1-2H3/t10-,12-/m1/s1. The minimum absolute atomic E-state index is 0.632. The summed E-state index contributed by atoms with van der Waals surface area (Å²) < 4.78 is 0. The Labute approximate surface area is 91.3 Å². The second-order valence-corrected chi connectivity index (χ2v) is 4.90. The van der Waals surface area contributed by atoms with E-state index in [1.807, 2.05) is 0 Å². The number of hydrogen-bond acceptors (Lipinski definition) is 2. The summed E-state index contributed by atoms with van der Waals surface area (Å²) in [7, 11) is 0. The van der Waals surface area contributed by atoms with Gasteiger partial charge in [0.2, 0.25) is 0 Å². The van der Waals surface area contributed by atoms with Crippen LogP contribution in [0, 0.1) is 6.92 Å². The molecule has 1 saturated heterocycles. The summed E-state index contributed by atoms with van der Waals surface area (Å²) >= 11 is 0. The van der Waals surface area contributed by atoms with Crippen molar-refractivity contribution in [3.05, 3.63) is 29.3 Å². The van der Waals surface area contributed by atoms with Gasteiger partial charge in [-0.05, 0) is 31.9 Å². The number of benzene rings is 1.